The first-order valence-electron chi connectivity index (χ1n) is 9.94. The second-order valence-corrected chi connectivity index (χ2v) is 8.10. The van der Waals surface area contributed by atoms with E-state index in [2.05, 4.69) is 10.6 Å². The van der Waals surface area contributed by atoms with Crippen LogP contribution in [0.1, 0.15) is 25.3 Å². The first-order valence-corrected chi connectivity index (χ1v) is 9.94. The van der Waals surface area contributed by atoms with E-state index in [1.807, 2.05) is 36.4 Å². The molecule has 0 spiro atoms. The Morgan fingerprint density at radius 3 is 2.57 bits per heavy atom. The van der Waals surface area contributed by atoms with Crippen molar-refractivity contribution in [3.63, 3.8) is 0 Å². The Hall–Kier alpha value is -3.42. The van der Waals surface area contributed by atoms with Crippen LogP contribution in [0.15, 0.2) is 42.5 Å². The lowest BCUT2D eigenvalue weighted by Crippen LogP contribution is -2.46. The molecule has 0 bridgehead atoms. The molecule has 2 fully saturated rings. The molecule has 8 heteroatoms. The first-order chi connectivity index (χ1) is 14.3. The van der Waals surface area contributed by atoms with Gasteiger partial charge in [-0.05, 0) is 42.2 Å². The van der Waals surface area contributed by atoms with E-state index in [0.29, 0.717) is 5.56 Å². The molecule has 2 aromatic carbocycles. The van der Waals surface area contributed by atoms with Crippen LogP contribution < -0.4 is 10.6 Å². The summed E-state index contributed by atoms with van der Waals surface area (Å²) in [6, 6.07) is 12.9. The van der Waals surface area contributed by atoms with E-state index in [1.54, 1.807) is 13.0 Å². The summed E-state index contributed by atoms with van der Waals surface area (Å²) in [6.07, 6.45) is 1.92. The molecule has 2 aliphatic rings. The molecule has 5 amide bonds. The molecule has 0 radical (unpaired) electrons. The number of hydrogen-bond donors (Lipinski definition) is 2. The summed E-state index contributed by atoms with van der Waals surface area (Å²) in [5.41, 5.74) is -0.616. The zero-order chi connectivity index (χ0) is 21.5. The number of carbonyl (C=O) groups is 4. The Labute approximate surface area is 174 Å². The predicted octanol–water partition coefficient (Wildman–Crippen LogP) is 1.34. The predicted molar refractivity (Wildman–Crippen MR) is 110 cm³/mol. The Morgan fingerprint density at radius 2 is 1.87 bits per heavy atom. The van der Waals surface area contributed by atoms with Crippen molar-refractivity contribution in [3.8, 4) is 0 Å². The summed E-state index contributed by atoms with van der Waals surface area (Å²) in [6.45, 7) is 1.11. The third-order valence-electron chi connectivity index (χ3n) is 5.64. The van der Waals surface area contributed by atoms with Crippen LogP contribution in [0.4, 0.5) is 4.79 Å². The van der Waals surface area contributed by atoms with Gasteiger partial charge >= 0.3 is 6.03 Å². The van der Waals surface area contributed by atoms with Gasteiger partial charge in [0.15, 0.2) is 0 Å². The Balaban J connectivity index is 1.47. The second kappa shape index (κ2) is 7.44. The minimum Gasteiger partial charge on any atom is -0.352 e. The molecule has 4 rings (SSSR count). The summed E-state index contributed by atoms with van der Waals surface area (Å²) in [7, 11) is 1.48. The number of hydrogen-bond acceptors (Lipinski definition) is 4. The molecule has 2 N–H and O–H groups in total. The molecular weight excluding hydrogens is 384 g/mol. The van der Waals surface area contributed by atoms with Crippen LogP contribution in [0.25, 0.3) is 10.8 Å². The van der Waals surface area contributed by atoms with Gasteiger partial charge < -0.3 is 15.5 Å². The number of benzene rings is 2. The monoisotopic (exact) mass is 408 g/mol. The molecule has 30 heavy (non-hydrogen) atoms. The fourth-order valence-corrected chi connectivity index (χ4v) is 3.60. The largest absolute Gasteiger partial charge is 0.352 e. The maximum atomic E-state index is 13.1. The Bertz CT molecular complexity index is 1050. The molecule has 1 saturated carbocycles. The molecule has 156 valence electrons. The summed E-state index contributed by atoms with van der Waals surface area (Å²) in [4.78, 5) is 52.2. The molecule has 1 atom stereocenters. The lowest BCUT2D eigenvalue weighted by molar-refractivity contribution is -0.139. The summed E-state index contributed by atoms with van der Waals surface area (Å²) in [5.74, 6) is -1.22. The number of rotatable bonds is 6. The van der Waals surface area contributed by atoms with Crippen LogP contribution in [0.3, 0.4) is 0 Å². The first kappa shape index (κ1) is 19.9. The number of imide groups is 1. The highest BCUT2D eigenvalue weighted by Crippen LogP contribution is 2.31. The lowest BCUT2D eigenvalue weighted by Gasteiger charge is -2.23. The second-order valence-electron chi connectivity index (χ2n) is 8.10. The van der Waals surface area contributed by atoms with Crippen molar-refractivity contribution in [1.29, 1.82) is 0 Å². The number of amides is 5. The quantitative estimate of drug-likeness (QED) is 0.705. The van der Waals surface area contributed by atoms with E-state index in [1.165, 1.54) is 11.9 Å². The molecule has 0 unspecified atom stereocenters. The van der Waals surface area contributed by atoms with Gasteiger partial charge in [-0.15, -0.1) is 0 Å². The highest BCUT2D eigenvalue weighted by Gasteiger charge is 2.49. The standard InChI is InChI=1S/C22H24N4O4/c1-22(16-8-7-14-5-3-4-6-15(14)11-16)20(29)26(21(30)24-22)13-19(28)25(2)12-18(27)23-17-9-10-17/h3-8,11,17H,9-10,12-13H2,1-2H3,(H,23,27)(H,24,30)/t22-/m1/s1. The van der Waals surface area contributed by atoms with Gasteiger partial charge in [0, 0.05) is 13.1 Å². The van der Waals surface area contributed by atoms with Crippen LogP contribution in [0, 0.1) is 0 Å². The van der Waals surface area contributed by atoms with Gasteiger partial charge in [-0.2, -0.15) is 0 Å². The van der Waals surface area contributed by atoms with Crippen molar-refractivity contribution in [2.45, 2.75) is 31.3 Å². The van der Waals surface area contributed by atoms with Gasteiger partial charge in [0.2, 0.25) is 11.8 Å². The normalized spacial score (nSPS) is 20.9. The number of urea groups is 1. The van der Waals surface area contributed by atoms with Gasteiger partial charge in [-0.25, -0.2) is 4.79 Å². The maximum absolute atomic E-state index is 13.1. The number of carbonyl (C=O) groups excluding carboxylic acids is 4. The van der Waals surface area contributed by atoms with Crippen LogP contribution in [0.2, 0.25) is 0 Å². The summed E-state index contributed by atoms with van der Waals surface area (Å²) in [5, 5.41) is 7.51. The van der Waals surface area contributed by atoms with Gasteiger partial charge in [-0.1, -0.05) is 36.4 Å². The van der Waals surface area contributed by atoms with Crippen molar-refractivity contribution in [3.05, 3.63) is 48.0 Å². The smallest absolute Gasteiger partial charge is 0.325 e. The molecular formula is C22H24N4O4. The lowest BCUT2D eigenvalue weighted by atomic mass is 9.90. The van der Waals surface area contributed by atoms with E-state index >= 15 is 0 Å². The fourth-order valence-electron chi connectivity index (χ4n) is 3.60. The molecule has 8 nitrogen and oxygen atoms in total. The summed E-state index contributed by atoms with van der Waals surface area (Å²) >= 11 is 0. The topological polar surface area (TPSA) is 98.8 Å². The van der Waals surface area contributed by atoms with E-state index in [4.69, 9.17) is 0 Å². The Kier molecular flexibility index (Phi) is 4.93. The molecule has 1 aliphatic carbocycles. The zero-order valence-electron chi connectivity index (χ0n) is 17.0. The van der Waals surface area contributed by atoms with Gasteiger partial charge in [0.05, 0.1) is 6.54 Å². The van der Waals surface area contributed by atoms with Crippen LogP contribution in [-0.2, 0) is 19.9 Å². The average Bonchev–Trinajstić information content (AvgIpc) is 3.50. The van der Waals surface area contributed by atoms with Crippen LogP contribution >= 0.6 is 0 Å². The molecule has 0 aromatic heterocycles. The number of nitrogens with one attached hydrogen (secondary N) is 2. The third-order valence-corrected chi connectivity index (χ3v) is 5.64. The van der Waals surface area contributed by atoms with Gasteiger partial charge in [0.25, 0.3) is 5.91 Å². The number of nitrogens with zero attached hydrogens (tertiary/aromatic N) is 2. The molecule has 1 saturated heterocycles. The van der Waals surface area contributed by atoms with E-state index in [9.17, 15) is 19.2 Å². The highest BCUT2D eigenvalue weighted by molar-refractivity contribution is 6.09. The van der Waals surface area contributed by atoms with Crippen molar-refractivity contribution >= 4 is 34.5 Å². The van der Waals surface area contributed by atoms with E-state index in [-0.39, 0.29) is 18.5 Å². The zero-order valence-corrected chi connectivity index (χ0v) is 17.0. The van der Waals surface area contributed by atoms with Crippen molar-refractivity contribution in [2.75, 3.05) is 20.1 Å². The number of likely N-dealkylation sites (N-methyl/N-ethyl adjacent to an activating group) is 1. The van der Waals surface area contributed by atoms with Crippen LogP contribution in [-0.4, -0.2) is 59.7 Å². The van der Waals surface area contributed by atoms with Gasteiger partial charge in [0.1, 0.15) is 12.1 Å². The molecule has 1 heterocycles. The minimum atomic E-state index is -1.26. The van der Waals surface area contributed by atoms with Crippen LogP contribution in [0.5, 0.6) is 0 Å². The number of fused-ring (bicyclic) bond motifs is 1. The highest BCUT2D eigenvalue weighted by atomic mass is 16.2. The van der Waals surface area contributed by atoms with E-state index < -0.39 is 29.9 Å². The molecule has 2 aromatic rings. The van der Waals surface area contributed by atoms with Crippen molar-refractivity contribution < 1.29 is 19.2 Å². The average molecular weight is 408 g/mol. The fraction of sp³-hybridized carbons (Fsp3) is 0.364. The third kappa shape index (κ3) is 3.72. The maximum Gasteiger partial charge on any atom is 0.325 e. The Morgan fingerprint density at radius 1 is 1.17 bits per heavy atom. The van der Waals surface area contributed by atoms with Gasteiger partial charge in [-0.3, -0.25) is 19.3 Å². The van der Waals surface area contributed by atoms with Crippen molar-refractivity contribution in [1.82, 2.24) is 20.4 Å². The summed E-state index contributed by atoms with van der Waals surface area (Å²) < 4.78 is 0. The van der Waals surface area contributed by atoms with E-state index in [0.717, 1.165) is 28.5 Å². The van der Waals surface area contributed by atoms with Crippen molar-refractivity contribution in [2.24, 2.45) is 0 Å². The molecule has 1 aliphatic heterocycles. The SMILES string of the molecule is CN(CC(=O)NC1CC1)C(=O)CN1C(=O)N[C@](C)(c2ccc3ccccc3c2)C1=O. The minimum absolute atomic E-state index is 0.110.